The van der Waals surface area contributed by atoms with Gasteiger partial charge in [-0.25, -0.2) is 19.3 Å². The van der Waals surface area contributed by atoms with Crippen molar-refractivity contribution in [1.29, 1.82) is 0 Å². The van der Waals surface area contributed by atoms with Crippen LogP contribution in [0.1, 0.15) is 52.6 Å². The first-order valence-electron chi connectivity index (χ1n) is 14.0. The standard InChI is InChI=1S/C33H34N2O9/c1-32(2,3)44-31(40)34-18-19-41-22-33(29(38)42-20-23-12-6-4-7-13-23,30(39)43-21-24-14-8-5-9-15-24)35-27(36)25-16-10-11-17-26(25)28(35)37/h4-17H,18-22H2,1-3H3,(H,34,40). The molecule has 3 aromatic rings. The lowest BCUT2D eigenvalue weighted by atomic mass is 9.97. The smallest absolute Gasteiger partial charge is 0.407 e. The molecule has 1 heterocycles. The molecule has 1 N–H and O–H groups in total. The Morgan fingerprint density at radius 3 is 1.61 bits per heavy atom. The second kappa shape index (κ2) is 14.0. The number of nitrogens with one attached hydrogen (secondary N) is 1. The van der Waals surface area contributed by atoms with Crippen LogP contribution in [-0.4, -0.2) is 65.6 Å². The number of ether oxygens (including phenoxy) is 4. The van der Waals surface area contributed by atoms with Crippen LogP contribution in [0.4, 0.5) is 4.79 Å². The van der Waals surface area contributed by atoms with Crippen molar-refractivity contribution >= 4 is 29.8 Å². The zero-order valence-electron chi connectivity index (χ0n) is 24.7. The maximum atomic E-state index is 14.0. The van der Waals surface area contributed by atoms with Gasteiger partial charge in [0, 0.05) is 6.54 Å². The van der Waals surface area contributed by atoms with Crippen molar-refractivity contribution < 1.29 is 42.9 Å². The van der Waals surface area contributed by atoms with Gasteiger partial charge < -0.3 is 24.3 Å². The zero-order chi connectivity index (χ0) is 31.7. The van der Waals surface area contributed by atoms with Gasteiger partial charge >= 0.3 is 18.0 Å². The molecule has 0 fully saturated rings. The Bertz CT molecular complexity index is 1410. The minimum atomic E-state index is -2.65. The molecule has 3 amide bonds. The molecule has 0 radical (unpaired) electrons. The molecule has 0 saturated carbocycles. The van der Waals surface area contributed by atoms with Crippen LogP contribution in [0.2, 0.25) is 0 Å². The lowest BCUT2D eigenvalue weighted by molar-refractivity contribution is -0.178. The number of hydrogen-bond acceptors (Lipinski definition) is 9. The highest BCUT2D eigenvalue weighted by atomic mass is 16.6. The molecule has 0 spiro atoms. The summed E-state index contributed by atoms with van der Waals surface area (Å²) in [7, 11) is 0. The van der Waals surface area contributed by atoms with Crippen LogP contribution in [0.5, 0.6) is 0 Å². The Kier molecular flexibility index (Phi) is 10.1. The molecule has 11 nitrogen and oxygen atoms in total. The first-order valence-corrected chi connectivity index (χ1v) is 14.0. The summed E-state index contributed by atoms with van der Waals surface area (Å²) < 4.78 is 22.1. The quantitative estimate of drug-likeness (QED) is 0.107. The van der Waals surface area contributed by atoms with Crippen molar-refractivity contribution in [1.82, 2.24) is 10.2 Å². The summed E-state index contributed by atoms with van der Waals surface area (Å²) in [5.74, 6) is -4.19. The number of benzene rings is 3. The van der Waals surface area contributed by atoms with Gasteiger partial charge in [0.05, 0.1) is 24.3 Å². The number of alkyl carbamates (subject to hydrolysis) is 1. The number of nitrogens with zero attached hydrogens (tertiary/aromatic N) is 1. The minimum Gasteiger partial charge on any atom is -0.459 e. The number of imide groups is 1. The highest BCUT2D eigenvalue weighted by Crippen LogP contribution is 2.33. The summed E-state index contributed by atoms with van der Waals surface area (Å²) in [6.07, 6.45) is -0.697. The highest BCUT2D eigenvalue weighted by molar-refractivity contribution is 6.26. The van der Waals surface area contributed by atoms with E-state index in [9.17, 15) is 24.0 Å². The van der Waals surface area contributed by atoms with Crippen molar-refractivity contribution in [3.8, 4) is 0 Å². The van der Waals surface area contributed by atoms with Crippen molar-refractivity contribution in [3.05, 3.63) is 107 Å². The van der Waals surface area contributed by atoms with Gasteiger partial charge in [-0.05, 0) is 44.0 Å². The van der Waals surface area contributed by atoms with Gasteiger partial charge in [-0.1, -0.05) is 72.8 Å². The van der Waals surface area contributed by atoms with E-state index in [4.69, 9.17) is 18.9 Å². The largest absolute Gasteiger partial charge is 0.459 e. The van der Waals surface area contributed by atoms with E-state index in [1.165, 1.54) is 12.1 Å². The van der Waals surface area contributed by atoms with Crippen molar-refractivity contribution in [2.45, 2.75) is 45.1 Å². The monoisotopic (exact) mass is 602 g/mol. The molecule has 0 atom stereocenters. The molecule has 0 unspecified atom stereocenters. The lowest BCUT2D eigenvalue weighted by Gasteiger charge is -2.35. The van der Waals surface area contributed by atoms with Crippen LogP contribution >= 0.6 is 0 Å². The summed E-state index contributed by atoms with van der Waals surface area (Å²) >= 11 is 0. The van der Waals surface area contributed by atoms with Gasteiger partial charge in [0.2, 0.25) is 0 Å². The van der Waals surface area contributed by atoms with E-state index in [-0.39, 0.29) is 37.5 Å². The average molecular weight is 603 g/mol. The normalized spacial score (nSPS) is 12.8. The summed E-state index contributed by atoms with van der Waals surface area (Å²) in [4.78, 5) is 68.0. The lowest BCUT2D eigenvalue weighted by Crippen LogP contribution is -2.66. The van der Waals surface area contributed by atoms with Crippen LogP contribution in [0.3, 0.4) is 0 Å². The Hall–Kier alpha value is -5.03. The van der Waals surface area contributed by atoms with Crippen LogP contribution in [0.15, 0.2) is 84.9 Å². The van der Waals surface area contributed by atoms with Crippen LogP contribution < -0.4 is 5.32 Å². The fourth-order valence-corrected chi connectivity index (χ4v) is 4.43. The molecule has 4 rings (SSSR count). The Morgan fingerprint density at radius 2 is 1.16 bits per heavy atom. The number of carbonyl (C=O) groups is 5. The molecule has 230 valence electrons. The van der Waals surface area contributed by atoms with Gasteiger partial charge in [-0.3, -0.25) is 9.59 Å². The molecule has 1 aliphatic heterocycles. The third kappa shape index (κ3) is 7.48. The van der Waals surface area contributed by atoms with Gasteiger partial charge in [0.25, 0.3) is 17.4 Å². The number of fused-ring (bicyclic) bond motifs is 1. The molecule has 0 saturated heterocycles. The molecule has 11 heteroatoms. The number of amides is 3. The van der Waals surface area contributed by atoms with E-state index in [0.29, 0.717) is 16.0 Å². The SMILES string of the molecule is CC(C)(C)OC(=O)NCCOCC(C(=O)OCc1ccccc1)(C(=O)OCc1ccccc1)N1C(=O)c2ccccc2C1=O. The van der Waals surface area contributed by atoms with Gasteiger partial charge in [-0.2, -0.15) is 0 Å². The van der Waals surface area contributed by atoms with E-state index < -0.39 is 47.6 Å². The summed E-state index contributed by atoms with van der Waals surface area (Å²) in [6, 6.07) is 23.4. The van der Waals surface area contributed by atoms with Gasteiger partial charge in [-0.15, -0.1) is 0 Å². The third-order valence-electron chi connectivity index (χ3n) is 6.50. The molecule has 44 heavy (non-hydrogen) atoms. The van der Waals surface area contributed by atoms with Gasteiger partial charge in [0.1, 0.15) is 18.8 Å². The molecular weight excluding hydrogens is 568 g/mol. The van der Waals surface area contributed by atoms with Crippen LogP contribution in [0.25, 0.3) is 0 Å². The third-order valence-corrected chi connectivity index (χ3v) is 6.50. The topological polar surface area (TPSA) is 138 Å². The predicted octanol–water partition coefficient (Wildman–Crippen LogP) is 4.05. The van der Waals surface area contributed by atoms with Crippen LogP contribution in [0, 0.1) is 0 Å². The van der Waals surface area contributed by atoms with E-state index in [1.54, 1.807) is 93.6 Å². The van der Waals surface area contributed by atoms with Crippen LogP contribution in [-0.2, 0) is 41.8 Å². The Balaban J connectivity index is 1.65. The Morgan fingerprint density at radius 1 is 0.705 bits per heavy atom. The molecule has 1 aliphatic rings. The van der Waals surface area contributed by atoms with E-state index in [1.807, 2.05) is 0 Å². The molecule has 0 bridgehead atoms. The zero-order valence-corrected chi connectivity index (χ0v) is 24.7. The van der Waals surface area contributed by atoms with E-state index in [0.717, 1.165) is 0 Å². The summed E-state index contributed by atoms with van der Waals surface area (Å²) in [6.45, 7) is 3.56. The van der Waals surface area contributed by atoms with Crippen molar-refractivity contribution in [2.75, 3.05) is 19.8 Å². The predicted molar refractivity (Wildman–Crippen MR) is 157 cm³/mol. The van der Waals surface area contributed by atoms with E-state index >= 15 is 0 Å². The second-order valence-electron chi connectivity index (χ2n) is 11.0. The summed E-state index contributed by atoms with van der Waals surface area (Å²) in [5.41, 5.74) is -2.13. The highest BCUT2D eigenvalue weighted by Gasteiger charge is 2.61. The van der Waals surface area contributed by atoms with E-state index in [2.05, 4.69) is 5.32 Å². The summed E-state index contributed by atoms with van der Waals surface area (Å²) in [5, 5.41) is 2.51. The number of hydrogen-bond donors (Lipinski definition) is 1. The number of rotatable bonds is 12. The maximum absolute atomic E-state index is 14.0. The molecule has 3 aromatic carbocycles. The average Bonchev–Trinajstić information content (AvgIpc) is 3.26. The fraction of sp³-hybridized carbons (Fsp3) is 0.303. The molecular formula is C33H34N2O9. The molecule has 0 aliphatic carbocycles. The second-order valence-corrected chi connectivity index (χ2v) is 11.0. The minimum absolute atomic E-state index is 0.0141. The van der Waals surface area contributed by atoms with Crippen molar-refractivity contribution in [3.63, 3.8) is 0 Å². The maximum Gasteiger partial charge on any atom is 0.407 e. The van der Waals surface area contributed by atoms with Crippen molar-refractivity contribution in [2.24, 2.45) is 0 Å². The number of carbonyl (C=O) groups excluding carboxylic acids is 5. The van der Waals surface area contributed by atoms with Gasteiger partial charge in [0.15, 0.2) is 0 Å². The first kappa shape index (κ1) is 31.9. The molecule has 0 aromatic heterocycles. The first-order chi connectivity index (χ1) is 21.0. The fourth-order valence-electron chi connectivity index (χ4n) is 4.43. The number of esters is 2. The Labute approximate surface area is 255 Å².